The van der Waals surface area contributed by atoms with Crippen molar-refractivity contribution >= 4 is 12.0 Å². The van der Waals surface area contributed by atoms with Gasteiger partial charge in [-0.3, -0.25) is 4.79 Å². The SMILES string of the molecule is O=C(O)[C@@H]1CCCN(C(=O)NC2CCC2)C1. The maximum absolute atomic E-state index is 11.8. The third-order valence-electron chi connectivity index (χ3n) is 3.49. The molecule has 2 fully saturated rings. The van der Waals surface area contributed by atoms with Crippen LogP contribution in [0.25, 0.3) is 0 Å². The largest absolute Gasteiger partial charge is 0.481 e. The van der Waals surface area contributed by atoms with Gasteiger partial charge >= 0.3 is 12.0 Å². The second-order valence-electron chi connectivity index (χ2n) is 4.70. The number of nitrogens with zero attached hydrogens (tertiary/aromatic N) is 1. The van der Waals surface area contributed by atoms with Crippen LogP contribution in [0.3, 0.4) is 0 Å². The first-order valence-electron chi connectivity index (χ1n) is 5.95. The van der Waals surface area contributed by atoms with Gasteiger partial charge in [0.15, 0.2) is 0 Å². The van der Waals surface area contributed by atoms with E-state index in [2.05, 4.69) is 5.32 Å². The van der Waals surface area contributed by atoms with Gasteiger partial charge in [0, 0.05) is 19.1 Å². The number of carboxylic acids is 1. The third kappa shape index (κ3) is 2.46. The van der Waals surface area contributed by atoms with Crippen LogP contribution in [0.1, 0.15) is 32.1 Å². The summed E-state index contributed by atoms with van der Waals surface area (Å²) in [6.45, 7) is 1.04. The van der Waals surface area contributed by atoms with E-state index in [0.29, 0.717) is 25.6 Å². The van der Waals surface area contributed by atoms with E-state index in [9.17, 15) is 9.59 Å². The number of aliphatic carboxylic acids is 1. The Hall–Kier alpha value is -1.26. The number of urea groups is 1. The summed E-state index contributed by atoms with van der Waals surface area (Å²) in [7, 11) is 0. The topological polar surface area (TPSA) is 69.6 Å². The van der Waals surface area contributed by atoms with Crippen LogP contribution in [0.15, 0.2) is 0 Å². The second kappa shape index (κ2) is 4.72. The van der Waals surface area contributed by atoms with Crippen LogP contribution in [0.5, 0.6) is 0 Å². The quantitative estimate of drug-likeness (QED) is 0.739. The standard InChI is InChI=1S/C11H18N2O3/c14-10(15)8-3-2-6-13(7-8)11(16)12-9-4-1-5-9/h8-9H,1-7H2,(H,12,16)(H,14,15)/t8-/m1/s1. The summed E-state index contributed by atoms with van der Waals surface area (Å²) in [5, 5.41) is 11.9. The number of hydrogen-bond acceptors (Lipinski definition) is 2. The van der Waals surface area contributed by atoms with Gasteiger partial charge in [-0.05, 0) is 32.1 Å². The minimum absolute atomic E-state index is 0.0874. The average molecular weight is 226 g/mol. The molecule has 0 spiro atoms. The Morgan fingerprint density at radius 2 is 1.94 bits per heavy atom. The van der Waals surface area contributed by atoms with Crippen LogP contribution >= 0.6 is 0 Å². The lowest BCUT2D eigenvalue weighted by Crippen LogP contribution is -2.51. The second-order valence-corrected chi connectivity index (χ2v) is 4.70. The lowest BCUT2D eigenvalue weighted by molar-refractivity contribution is -0.143. The zero-order valence-electron chi connectivity index (χ0n) is 9.32. The van der Waals surface area contributed by atoms with Crippen molar-refractivity contribution in [2.75, 3.05) is 13.1 Å². The molecule has 2 amide bonds. The first kappa shape index (κ1) is 11.2. The molecular formula is C11H18N2O3. The van der Waals surface area contributed by atoms with E-state index in [1.807, 2.05) is 0 Å². The summed E-state index contributed by atoms with van der Waals surface area (Å²) in [6, 6.07) is 0.230. The van der Waals surface area contributed by atoms with Crippen molar-refractivity contribution in [2.45, 2.75) is 38.1 Å². The summed E-state index contributed by atoms with van der Waals surface area (Å²) in [5.41, 5.74) is 0. The highest BCUT2D eigenvalue weighted by Gasteiger charge is 2.29. The fourth-order valence-corrected chi connectivity index (χ4v) is 2.18. The third-order valence-corrected chi connectivity index (χ3v) is 3.49. The molecule has 0 unspecified atom stereocenters. The van der Waals surface area contributed by atoms with Gasteiger partial charge in [-0.25, -0.2) is 4.79 Å². The number of rotatable bonds is 2. The van der Waals surface area contributed by atoms with Crippen LogP contribution < -0.4 is 5.32 Å². The zero-order valence-corrected chi connectivity index (χ0v) is 9.32. The number of nitrogens with one attached hydrogen (secondary N) is 1. The Balaban J connectivity index is 1.83. The zero-order chi connectivity index (χ0) is 11.5. The molecule has 1 aliphatic heterocycles. The number of carbonyl (C=O) groups is 2. The Kier molecular flexibility index (Phi) is 3.31. The molecule has 1 aliphatic carbocycles. The summed E-state index contributed by atoms with van der Waals surface area (Å²) < 4.78 is 0. The highest BCUT2D eigenvalue weighted by atomic mass is 16.4. The van der Waals surface area contributed by atoms with Crippen molar-refractivity contribution in [2.24, 2.45) is 5.92 Å². The van der Waals surface area contributed by atoms with E-state index in [-0.39, 0.29) is 11.9 Å². The van der Waals surface area contributed by atoms with Gasteiger partial charge in [-0.15, -0.1) is 0 Å². The predicted molar refractivity (Wildman–Crippen MR) is 58.1 cm³/mol. The van der Waals surface area contributed by atoms with E-state index in [1.165, 1.54) is 6.42 Å². The molecule has 0 aromatic heterocycles. The van der Waals surface area contributed by atoms with Gasteiger partial charge < -0.3 is 15.3 Å². The molecule has 2 N–H and O–H groups in total. The number of likely N-dealkylation sites (tertiary alicyclic amines) is 1. The Bertz CT molecular complexity index is 289. The summed E-state index contributed by atoms with van der Waals surface area (Å²) in [5.74, 6) is -1.18. The molecule has 16 heavy (non-hydrogen) atoms. The van der Waals surface area contributed by atoms with Gasteiger partial charge in [-0.2, -0.15) is 0 Å². The lowest BCUT2D eigenvalue weighted by Gasteiger charge is -2.34. The van der Waals surface area contributed by atoms with Crippen molar-refractivity contribution in [3.8, 4) is 0 Å². The molecule has 1 saturated carbocycles. The Labute approximate surface area is 94.8 Å². The number of piperidine rings is 1. The molecule has 2 rings (SSSR count). The van der Waals surface area contributed by atoms with E-state index >= 15 is 0 Å². The normalized spacial score (nSPS) is 26.0. The Morgan fingerprint density at radius 1 is 1.19 bits per heavy atom. The van der Waals surface area contributed by atoms with Crippen molar-refractivity contribution in [3.63, 3.8) is 0 Å². The highest BCUT2D eigenvalue weighted by molar-refractivity contribution is 5.76. The van der Waals surface area contributed by atoms with E-state index in [0.717, 1.165) is 19.3 Å². The summed E-state index contributed by atoms with van der Waals surface area (Å²) >= 11 is 0. The van der Waals surface area contributed by atoms with Crippen molar-refractivity contribution in [1.29, 1.82) is 0 Å². The molecule has 0 aromatic rings. The first-order chi connectivity index (χ1) is 7.66. The molecule has 0 bridgehead atoms. The van der Waals surface area contributed by atoms with Crippen LogP contribution in [0.2, 0.25) is 0 Å². The average Bonchev–Trinajstić information content (AvgIpc) is 2.23. The minimum atomic E-state index is -0.791. The number of carboxylic acid groups (broad SMARTS) is 1. The first-order valence-corrected chi connectivity index (χ1v) is 5.95. The molecule has 5 heteroatoms. The fourth-order valence-electron chi connectivity index (χ4n) is 2.18. The van der Waals surface area contributed by atoms with Gasteiger partial charge in [-0.1, -0.05) is 0 Å². The summed E-state index contributed by atoms with van der Waals surface area (Å²) in [4.78, 5) is 24.3. The van der Waals surface area contributed by atoms with Crippen molar-refractivity contribution in [1.82, 2.24) is 10.2 Å². The van der Waals surface area contributed by atoms with Crippen LogP contribution in [0.4, 0.5) is 4.79 Å². The molecule has 0 radical (unpaired) electrons. The molecule has 2 aliphatic rings. The smallest absolute Gasteiger partial charge is 0.317 e. The molecule has 0 aromatic carbocycles. The van der Waals surface area contributed by atoms with Gasteiger partial charge in [0.25, 0.3) is 0 Å². The molecule has 90 valence electrons. The predicted octanol–water partition coefficient (Wildman–Crippen LogP) is 1.05. The van der Waals surface area contributed by atoms with Crippen LogP contribution in [-0.2, 0) is 4.79 Å². The molecule has 1 atom stereocenters. The van der Waals surface area contributed by atoms with E-state index in [4.69, 9.17) is 5.11 Å². The minimum Gasteiger partial charge on any atom is -0.481 e. The maximum atomic E-state index is 11.8. The molecule has 1 heterocycles. The maximum Gasteiger partial charge on any atom is 0.317 e. The molecule has 5 nitrogen and oxygen atoms in total. The van der Waals surface area contributed by atoms with E-state index < -0.39 is 5.97 Å². The highest BCUT2D eigenvalue weighted by Crippen LogP contribution is 2.20. The van der Waals surface area contributed by atoms with Crippen LogP contribution in [0, 0.1) is 5.92 Å². The van der Waals surface area contributed by atoms with Gasteiger partial charge in [0.1, 0.15) is 0 Å². The molecular weight excluding hydrogens is 208 g/mol. The lowest BCUT2D eigenvalue weighted by atomic mass is 9.93. The van der Waals surface area contributed by atoms with E-state index in [1.54, 1.807) is 4.90 Å². The number of hydrogen-bond donors (Lipinski definition) is 2. The number of carbonyl (C=O) groups excluding carboxylic acids is 1. The van der Waals surface area contributed by atoms with Crippen molar-refractivity contribution < 1.29 is 14.7 Å². The molecule has 1 saturated heterocycles. The van der Waals surface area contributed by atoms with Crippen LogP contribution in [-0.4, -0.2) is 41.1 Å². The Morgan fingerprint density at radius 3 is 2.50 bits per heavy atom. The summed E-state index contributed by atoms with van der Waals surface area (Å²) in [6.07, 6.45) is 4.77. The number of amides is 2. The van der Waals surface area contributed by atoms with Crippen molar-refractivity contribution in [3.05, 3.63) is 0 Å². The van der Waals surface area contributed by atoms with Gasteiger partial charge in [0.2, 0.25) is 0 Å². The van der Waals surface area contributed by atoms with Gasteiger partial charge in [0.05, 0.1) is 5.92 Å². The fraction of sp³-hybridized carbons (Fsp3) is 0.818. The monoisotopic (exact) mass is 226 g/mol.